The summed E-state index contributed by atoms with van der Waals surface area (Å²) in [4.78, 5) is 24.6. The maximum Gasteiger partial charge on any atom is 0.408 e. The molecule has 1 atom stereocenters. The number of alkyl carbamates (subject to hydrolysis) is 1. The Morgan fingerprint density at radius 3 is 2.37 bits per heavy atom. The first-order chi connectivity index (χ1) is 14.5. The van der Waals surface area contributed by atoms with E-state index < -0.39 is 12.1 Å². The van der Waals surface area contributed by atoms with Gasteiger partial charge < -0.3 is 20.1 Å². The lowest BCUT2D eigenvalue weighted by atomic mass is 10.0. The van der Waals surface area contributed by atoms with Crippen LogP contribution in [0.15, 0.2) is 54.6 Å². The zero-order valence-corrected chi connectivity index (χ0v) is 17.4. The van der Waals surface area contributed by atoms with Gasteiger partial charge in [0.05, 0.1) is 0 Å². The van der Waals surface area contributed by atoms with Gasteiger partial charge >= 0.3 is 6.09 Å². The first-order valence-electron chi connectivity index (χ1n) is 9.89. The first kappa shape index (κ1) is 22.8. The molecule has 2 amide bonds. The van der Waals surface area contributed by atoms with Crippen LogP contribution in [0.3, 0.4) is 0 Å². The van der Waals surface area contributed by atoms with Crippen LogP contribution >= 0.6 is 0 Å². The zero-order valence-electron chi connectivity index (χ0n) is 17.4. The van der Waals surface area contributed by atoms with E-state index in [1.54, 1.807) is 0 Å². The minimum atomic E-state index is -0.673. The lowest BCUT2D eigenvalue weighted by molar-refractivity contribution is -0.124. The molecule has 0 aliphatic heterocycles. The summed E-state index contributed by atoms with van der Waals surface area (Å²) in [6.07, 6.45) is 5.21. The van der Waals surface area contributed by atoms with Gasteiger partial charge in [-0.1, -0.05) is 62.2 Å². The Bertz CT molecular complexity index is 842. The molecule has 2 rings (SSSR count). The van der Waals surface area contributed by atoms with E-state index in [9.17, 15) is 9.59 Å². The fourth-order valence-corrected chi connectivity index (χ4v) is 2.74. The molecule has 2 N–H and O–H groups in total. The van der Waals surface area contributed by atoms with Gasteiger partial charge in [0.1, 0.15) is 25.0 Å². The molecule has 30 heavy (non-hydrogen) atoms. The molecule has 0 heterocycles. The van der Waals surface area contributed by atoms with E-state index in [2.05, 4.69) is 16.6 Å². The second-order valence-electron chi connectivity index (χ2n) is 7.11. The summed E-state index contributed by atoms with van der Waals surface area (Å²) in [5, 5.41) is 5.53. The minimum Gasteiger partial charge on any atom is -0.481 e. The first-order valence-corrected chi connectivity index (χ1v) is 9.89. The summed E-state index contributed by atoms with van der Waals surface area (Å²) in [6.45, 7) is 4.58. The molecule has 0 radical (unpaired) electrons. The Hall–Kier alpha value is -3.46. The van der Waals surface area contributed by atoms with Crippen LogP contribution in [0.2, 0.25) is 0 Å². The lowest BCUT2D eigenvalue weighted by Crippen LogP contribution is -2.50. The van der Waals surface area contributed by atoms with Gasteiger partial charge in [0.15, 0.2) is 0 Å². The highest BCUT2D eigenvalue weighted by Crippen LogP contribution is 2.12. The van der Waals surface area contributed by atoms with Crippen LogP contribution in [0.5, 0.6) is 5.75 Å². The third-order valence-corrected chi connectivity index (χ3v) is 4.39. The smallest absolute Gasteiger partial charge is 0.408 e. The lowest BCUT2D eigenvalue weighted by Gasteiger charge is -2.21. The molecule has 0 spiro atoms. The molecule has 158 valence electrons. The van der Waals surface area contributed by atoms with Crippen molar-refractivity contribution in [3.05, 3.63) is 65.7 Å². The second kappa shape index (κ2) is 12.2. The molecule has 0 unspecified atom stereocenters. The number of amides is 2. The SMILES string of the molecule is C#CCOc1ccc(CCNC(=O)[C@@H](NC(=O)OCc2ccccc2)C(C)C)cc1. The summed E-state index contributed by atoms with van der Waals surface area (Å²) < 4.78 is 10.6. The van der Waals surface area contributed by atoms with Gasteiger partial charge in [0.25, 0.3) is 0 Å². The van der Waals surface area contributed by atoms with Crippen LogP contribution in [-0.4, -0.2) is 31.2 Å². The fraction of sp³-hybridized carbons (Fsp3) is 0.333. The Labute approximate surface area is 178 Å². The highest BCUT2D eigenvalue weighted by atomic mass is 16.5. The predicted molar refractivity (Wildman–Crippen MR) is 116 cm³/mol. The number of carbonyl (C=O) groups excluding carboxylic acids is 2. The van der Waals surface area contributed by atoms with Crippen molar-refractivity contribution in [1.82, 2.24) is 10.6 Å². The van der Waals surface area contributed by atoms with Crippen LogP contribution in [-0.2, 0) is 22.6 Å². The van der Waals surface area contributed by atoms with Crippen molar-refractivity contribution >= 4 is 12.0 Å². The second-order valence-corrected chi connectivity index (χ2v) is 7.11. The average molecular weight is 408 g/mol. The summed E-state index contributed by atoms with van der Waals surface area (Å²) in [6, 6.07) is 16.2. The molecule has 0 aliphatic carbocycles. The Morgan fingerprint density at radius 1 is 1.03 bits per heavy atom. The van der Waals surface area contributed by atoms with Crippen molar-refractivity contribution < 1.29 is 19.1 Å². The Morgan fingerprint density at radius 2 is 1.73 bits per heavy atom. The molecule has 2 aromatic rings. The largest absolute Gasteiger partial charge is 0.481 e. The van der Waals surface area contributed by atoms with Gasteiger partial charge in [-0.2, -0.15) is 0 Å². The number of carbonyl (C=O) groups is 2. The molecule has 2 aromatic carbocycles. The maximum absolute atomic E-state index is 12.5. The van der Waals surface area contributed by atoms with Gasteiger partial charge in [-0.3, -0.25) is 4.79 Å². The standard InChI is InChI=1S/C24H28N2O4/c1-4-16-29-21-12-10-19(11-13-21)14-15-25-23(27)22(18(2)3)26-24(28)30-17-20-8-6-5-7-9-20/h1,5-13,18,22H,14-17H2,2-3H3,(H,25,27)(H,26,28)/t22-/m0/s1. The Balaban J connectivity index is 1.77. The molecule has 0 aromatic heterocycles. The van der Waals surface area contributed by atoms with Crippen molar-refractivity contribution in [2.45, 2.75) is 32.9 Å². The van der Waals surface area contributed by atoms with Crippen molar-refractivity contribution in [1.29, 1.82) is 0 Å². The van der Waals surface area contributed by atoms with Crippen molar-refractivity contribution in [2.75, 3.05) is 13.2 Å². The molecule has 6 nitrogen and oxygen atoms in total. The summed E-state index contributed by atoms with van der Waals surface area (Å²) in [7, 11) is 0. The number of hydrogen-bond acceptors (Lipinski definition) is 4. The molecular formula is C24H28N2O4. The van der Waals surface area contributed by atoms with Crippen molar-refractivity contribution in [3.63, 3.8) is 0 Å². The van der Waals surface area contributed by atoms with Crippen LogP contribution < -0.4 is 15.4 Å². The molecule has 0 saturated heterocycles. The molecule has 6 heteroatoms. The van der Waals surface area contributed by atoms with Crippen LogP contribution in [0.1, 0.15) is 25.0 Å². The van der Waals surface area contributed by atoms with E-state index in [0.717, 1.165) is 11.1 Å². The highest BCUT2D eigenvalue weighted by molar-refractivity contribution is 5.85. The van der Waals surface area contributed by atoms with Gasteiger partial charge in [0, 0.05) is 6.54 Å². The van der Waals surface area contributed by atoms with E-state index in [0.29, 0.717) is 18.7 Å². The third-order valence-electron chi connectivity index (χ3n) is 4.39. The number of nitrogens with one attached hydrogen (secondary N) is 2. The number of benzene rings is 2. The molecule has 0 bridgehead atoms. The minimum absolute atomic E-state index is 0.0816. The molecule has 0 aliphatic rings. The summed E-state index contributed by atoms with van der Waals surface area (Å²) in [5.41, 5.74) is 1.94. The number of terminal acetylenes is 1. The summed E-state index contributed by atoms with van der Waals surface area (Å²) in [5.74, 6) is 2.80. The van der Waals surface area contributed by atoms with E-state index in [1.165, 1.54) is 0 Å². The number of rotatable bonds is 10. The van der Waals surface area contributed by atoms with Crippen LogP contribution in [0.25, 0.3) is 0 Å². The van der Waals surface area contributed by atoms with E-state index in [4.69, 9.17) is 15.9 Å². The highest BCUT2D eigenvalue weighted by Gasteiger charge is 2.24. The van der Waals surface area contributed by atoms with E-state index in [-0.39, 0.29) is 25.0 Å². The maximum atomic E-state index is 12.5. The van der Waals surface area contributed by atoms with E-state index in [1.807, 2.05) is 68.4 Å². The van der Waals surface area contributed by atoms with Gasteiger partial charge in [-0.15, -0.1) is 6.42 Å². The topological polar surface area (TPSA) is 76.7 Å². The Kier molecular flexibility index (Phi) is 9.26. The van der Waals surface area contributed by atoms with Gasteiger partial charge in [0.2, 0.25) is 5.91 Å². The van der Waals surface area contributed by atoms with Crippen molar-refractivity contribution in [3.8, 4) is 18.1 Å². The monoisotopic (exact) mass is 408 g/mol. The van der Waals surface area contributed by atoms with Crippen molar-refractivity contribution in [2.24, 2.45) is 5.92 Å². The number of ether oxygens (including phenoxy) is 2. The number of hydrogen-bond donors (Lipinski definition) is 2. The quantitative estimate of drug-likeness (QED) is 0.592. The zero-order chi connectivity index (χ0) is 21.8. The predicted octanol–water partition coefficient (Wildman–Crippen LogP) is 3.31. The van der Waals surface area contributed by atoms with Gasteiger partial charge in [-0.25, -0.2) is 4.79 Å². The third kappa shape index (κ3) is 7.88. The van der Waals surface area contributed by atoms with Crippen LogP contribution in [0.4, 0.5) is 4.79 Å². The normalized spacial score (nSPS) is 11.3. The molecule has 0 fully saturated rings. The van der Waals surface area contributed by atoms with Crippen LogP contribution in [0, 0.1) is 18.3 Å². The molecule has 0 saturated carbocycles. The fourth-order valence-electron chi connectivity index (χ4n) is 2.74. The van der Waals surface area contributed by atoms with Gasteiger partial charge in [-0.05, 0) is 35.6 Å². The summed E-state index contributed by atoms with van der Waals surface area (Å²) >= 11 is 0. The molecular weight excluding hydrogens is 380 g/mol. The average Bonchev–Trinajstić information content (AvgIpc) is 2.76. The van der Waals surface area contributed by atoms with E-state index >= 15 is 0 Å².